The molecule has 122 valence electrons. The molecule has 0 aliphatic rings. The molecular formula is C18H13Cl2NO3. The fourth-order valence-corrected chi connectivity index (χ4v) is 2.44. The molecule has 0 aliphatic heterocycles. The third-order valence-corrected chi connectivity index (χ3v) is 3.89. The Morgan fingerprint density at radius 3 is 2.58 bits per heavy atom. The van der Waals surface area contributed by atoms with Crippen LogP contribution in [0.25, 0.3) is 10.9 Å². The molecule has 0 amide bonds. The number of fused-ring (bicyclic) bond motifs is 1. The molecule has 3 aromatic rings. The van der Waals surface area contributed by atoms with Gasteiger partial charge in [0.1, 0.15) is 17.5 Å². The van der Waals surface area contributed by atoms with E-state index in [9.17, 15) is 4.79 Å². The van der Waals surface area contributed by atoms with Crippen LogP contribution < -0.4 is 4.74 Å². The maximum atomic E-state index is 11.8. The van der Waals surface area contributed by atoms with Crippen LogP contribution in [0.5, 0.6) is 5.75 Å². The molecular weight excluding hydrogens is 349 g/mol. The second-order valence-corrected chi connectivity index (χ2v) is 5.83. The smallest absolute Gasteiger partial charge is 0.344 e. The highest BCUT2D eigenvalue weighted by Gasteiger charge is 2.09. The van der Waals surface area contributed by atoms with Gasteiger partial charge in [-0.15, -0.1) is 0 Å². The first-order valence-corrected chi connectivity index (χ1v) is 7.95. The third kappa shape index (κ3) is 4.16. The highest BCUT2D eigenvalue weighted by Crippen LogP contribution is 2.21. The molecule has 0 fully saturated rings. The first-order chi connectivity index (χ1) is 11.6. The number of rotatable bonds is 5. The van der Waals surface area contributed by atoms with Crippen molar-refractivity contribution in [2.24, 2.45) is 0 Å². The summed E-state index contributed by atoms with van der Waals surface area (Å²) in [6, 6.07) is 16.2. The number of esters is 1. The van der Waals surface area contributed by atoms with E-state index in [-0.39, 0.29) is 13.2 Å². The molecule has 3 rings (SSSR count). The Bertz CT molecular complexity index is 866. The van der Waals surface area contributed by atoms with Gasteiger partial charge in [0.15, 0.2) is 6.61 Å². The quantitative estimate of drug-likeness (QED) is 0.489. The summed E-state index contributed by atoms with van der Waals surface area (Å²) < 4.78 is 10.5. The molecule has 6 heteroatoms. The van der Waals surface area contributed by atoms with Crippen LogP contribution in [0.3, 0.4) is 0 Å². The Labute approximate surface area is 148 Å². The van der Waals surface area contributed by atoms with Crippen LogP contribution in [0.15, 0.2) is 54.6 Å². The summed E-state index contributed by atoms with van der Waals surface area (Å²) in [5.41, 5.74) is 1.44. The second kappa shape index (κ2) is 7.51. The number of halogens is 2. The second-order valence-electron chi connectivity index (χ2n) is 5.03. The van der Waals surface area contributed by atoms with E-state index in [0.29, 0.717) is 21.5 Å². The monoisotopic (exact) mass is 361 g/mol. The Morgan fingerprint density at radius 1 is 1.04 bits per heavy atom. The van der Waals surface area contributed by atoms with Crippen molar-refractivity contribution in [1.29, 1.82) is 0 Å². The highest BCUT2D eigenvalue weighted by molar-refractivity contribution is 6.30. The van der Waals surface area contributed by atoms with Gasteiger partial charge in [-0.3, -0.25) is 0 Å². The van der Waals surface area contributed by atoms with Crippen molar-refractivity contribution in [2.45, 2.75) is 6.61 Å². The van der Waals surface area contributed by atoms with Crippen LogP contribution in [-0.4, -0.2) is 17.6 Å². The largest absolute Gasteiger partial charge is 0.482 e. The topological polar surface area (TPSA) is 48.4 Å². The summed E-state index contributed by atoms with van der Waals surface area (Å²) in [6.45, 7) is -0.153. The van der Waals surface area contributed by atoms with Gasteiger partial charge >= 0.3 is 5.97 Å². The number of pyridine rings is 1. The van der Waals surface area contributed by atoms with E-state index in [1.807, 2.05) is 30.3 Å². The van der Waals surface area contributed by atoms with Crippen molar-refractivity contribution < 1.29 is 14.3 Å². The standard InChI is InChI=1S/C18H13Cl2NO3/c19-14-5-7-15(8-6-14)23-11-17(22)24-10-13-9-12-3-1-2-4-16(12)21-18(13)20/h1-9H,10-11H2. The molecule has 1 aromatic heterocycles. The van der Waals surface area contributed by atoms with E-state index in [1.54, 1.807) is 24.3 Å². The minimum atomic E-state index is -0.492. The lowest BCUT2D eigenvalue weighted by molar-refractivity contribution is -0.147. The Balaban J connectivity index is 1.58. The number of aromatic nitrogens is 1. The molecule has 0 N–H and O–H groups in total. The molecule has 0 atom stereocenters. The van der Waals surface area contributed by atoms with Gasteiger partial charge in [-0.05, 0) is 36.4 Å². The van der Waals surface area contributed by atoms with Gasteiger partial charge in [-0.25, -0.2) is 9.78 Å². The first-order valence-electron chi connectivity index (χ1n) is 7.20. The molecule has 0 aliphatic carbocycles. The number of nitrogens with zero attached hydrogens (tertiary/aromatic N) is 1. The number of carbonyl (C=O) groups is 1. The lowest BCUT2D eigenvalue weighted by atomic mass is 10.2. The molecule has 24 heavy (non-hydrogen) atoms. The summed E-state index contributed by atoms with van der Waals surface area (Å²) in [6.07, 6.45) is 0. The van der Waals surface area contributed by atoms with E-state index < -0.39 is 5.97 Å². The van der Waals surface area contributed by atoms with Gasteiger partial charge in [0, 0.05) is 16.0 Å². The Hall–Kier alpha value is -2.30. The average Bonchev–Trinajstić information content (AvgIpc) is 2.59. The molecule has 0 saturated carbocycles. The minimum absolute atomic E-state index is 0.0411. The van der Waals surface area contributed by atoms with E-state index in [4.69, 9.17) is 32.7 Å². The predicted octanol–water partition coefficient (Wildman–Crippen LogP) is 4.66. The SMILES string of the molecule is O=C(COc1ccc(Cl)cc1)OCc1cc2ccccc2nc1Cl. The summed E-state index contributed by atoms with van der Waals surface area (Å²) in [4.78, 5) is 16.1. The zero-order valence-electron chi connectivity index (χ0n) is 12.5. The normalized spacial score (nSPS) is 10.6. The fraction of sp³-hybridized carbons (Fsp3) is 0.111. The fourth-order valence-electron chi connectivity index (χ4n) is 2.11. The van der Waals surface area contributed by atoms with Gasteiger partial charge < -0.3 is 9.47 Å². The zero-order chi connectivity index (χ0) is 16.9. The van der Waals surface area contributed by atoms with Crippen molar-refractivity contribution in [3.8, 4) is 5.75 Å². The molecule has 1 heterocycles. The van der Waals surface area contributed by atoms with Crippen LogP contribution in [0.4, 0.5) is 0 Å². The van der Waals surface area contributed by atoms with Gasteiger partial charge in [0.05, 0.1) is 5.52 Å². The van der Waals surface area contributed by atoms with Crippen molar-refractivity contribution in [3.63, 3.8) is 0 Å². The molecule has 0 unspecified atom stereocenters. The Morgan fingerprint density at radius 2 is 1.79 bits per heavy atom. The first kappa shape index (κ1) is 16.6. The molecule has 2 aromatic carbocycles. The zero-order valence-corrected chi connectivity index (χ0v) is 14.1. The van der Waals surface area contributed by atoms with Crippen molar-refractivity contribution in [2.75, 3.05) is 6.61 Å². The predicted molar refractivity (Wildman–Crippen MR) is 93.5 cm³/mol. The number of hydrogen-bond acceptors (Lipinski definition) is 4. The Kier molecular flexibility index (Phi) is 5.18. The van der Waals surface area contributed by atoms with Crippen LogP contribution >= 0.6 is 23.2 Å². The lowest BCUT2D eigenvalue weighted by Crippen LogP contribution is -2.15. The van der Waals surface area contributed by atoms with Gasteiger partial charge in [0.2, 0.25) is 0 Å². The number of ether oxygens (including phenoxy) is 2. The van der Waals surface area contributed by atoms with Crippen molar-refractivity contribution in [3.05, 3.63) is 70.3 Å². The van der Waals surface area contributed by atoms with E-state index in [0.717, 1.165) is 10.9 Å². The van der Waals surface area contributed by atoms with Crippen LogP contribution in [-0.2, 0) is 16.1 Å². The van der Waals surface area contributed by atoms with E-state index in [1.165, 1.54) is 0 Å². The van der Waals surface area contributed by atoms with E-state index in [2.05, 4.69) is 4.98 Å². The van der Waals surface area contributed by atoms with Crippen LogP contribution in [0.1, 0.15) is 5.56 Å². The molecule has 0 saturated heterocycles. The summed E-state index contributed by atoms with van der Waals surface area (Å²) in [5, 5.41) is 1.86. The molecule has 4 nitrogen and oxygen atoms in total. The molecule has 0 radical (unpaired) electrons. The lowest BCUT2D eigenvalue weighted by Gasteiger charge is -2.09. The third-order valence-electron chi connectivity index (χ3n) is 3.31. The molecule has 0 bridgehead atoms. The number of para-hydroxylation sites is 1. The highest BCUT2D eigenvalue weighted by atomic mass is 35.5. The van der Waals surface area contributed by atoms with Crippen molar-refractivity contribution >= 4 is 40.1 Å². The summed E-state index contributed by atoms with van der Waals surface area (Å²) in [7, 11) is 0. The number of benzene rings is 2. The minimum Gasteiger partial charge on any atom is -0.482 e. The maximum absolute atomic E-state index is 11.8. The summed E-state index contributed by atoms with van der Waals surface area (Å²) >= 11 is 11.9. The summed E-state index contributed by atoms with van der Waals surface area (Å²) in [5.74, 6) is 0.0518. The molecule has 0 spiro atoms. The van der Waals surface area contributed by atoms with Gasteiger partial charge in [-0.2, -0.15) is 0 Å². The van der Waals surface area contributed by atoms with Crippen LogP contribution in [0.2, 0.25) is 10.2 Å². The number of hydrogen-bond donors (Lipinski definition) is 0. The van der Waals surface area contributed by atoms with Gasteiger partial charge in [0.25, 0.3) is 0 Å². The average molecular weight is 362 g/mol. The maximum Gasteiger partial charge on any atom is 0.344 e. The van der Waals surface area contributed by atoms with Crippen LogP contribution in [0, 0.1) is 0 Å². The number of carbonyl (C=O) groups excluding carboxylic acids is 1. The van der Waals surface area contributed by atoms with E-state index >= 15 is 0 Å². The van der Waals surface area contributed by atoms with Crippen molar-refractivity contribution in [1.82, 2.24) is 4.98 Å². The van der Waals surface area contributed by atoms with Gasteiger partial charge in [-0.1, -0.05) is 41.4 Å².